The van der Waals surface area contributed by atoms with Crippen molar-refractivity contribution < 1.29 is 20.1 Å². The Morgan fingerprint density at radius 1 is 1.38 bits per heavy atom. The molecule has 3 heterocycles. The molecule has 4 heteroatoms. The van der Waals surface area contributed by atoms with Gasteiger partial charge in [0.05, 0.1) is 5.65 Å². The van der Waals surface area contributed by atoms with Crippen molar-refractivity contribution in [3.05, 3.63) is 42.7 Å². The van der Waals surface area contributed by atoms with Crippen LogP contribution in [0.15, 0.2) is 41.4 Å². The van der Waals surface area contributed by atoms with Gasteiger partial charge in [-0.2, -0.15) is 6.07 Å². The van der Waals surface area contributed by atoms with Crippen LogP contribution < -0.4 is 0 Å². The summed E-state index contributed by atoms with van der Waals surface area (Å²) in [6.07, 6.45) is 7.08. The van der Waals surface area contributed by atoms with Gasteiger partial charge in [-0.05, 0) is 22.6 Å². The predicted octanol–water partition coefficient (Wildman–Crippen LogP) is 3.01. The summed E-state index contributed by atoms with van der Waals surface area (Å²) in [5.41, 5.74) is 2.14. The molecule has 0 saturated carbocycles. The molecule has 0 aliphatic heterocycles. The van der Waals surface area contributed by atoms with Crippen LogP contribution in [0.2, 0.25) is 0 Å². The van der Waals surface area contributed by atoms with Crippen LogP contribution in [0, 0.1) is 6.20 Å². The molecular formula is C12H9IrN2S-. The second-order valence-corrected chi connectivity index (χ2v) is 4.16. The molecule has 0 atom stereocenters. The first-order valence-electron chi connectivity index (χ1n) is 4.71. The summed E-state index contributed by atoms with van der Waals surface area (Å²) in [5.74, 6) is 0. The summed E-state index contributed by atoms with van der Waals surface area (Å²) in [7, 11) is 0. The third-order valence-corrected chi connectivity index (χ3v) is 3.24. The van der Waals surface area contributed by atoms with Gasteiger partial charge in [0.15, 0.2) is 0 Å². The van der Waals surface area contributed by atoms with Gasteiger partial charge in [0.1, 0.15) is 0 Å². The van der Waals surface area contributed by atoms with Gasteiger partial charge in [0, 0.05) is 26.3 Å². The van der Waals surface area contributed by atoms with E-state index in [0.717, 1.165) is 11.0 Å². The van der Waals surface area contributed by atoms with E-state index in [-0.39, 0.29) is 20.1 Å². The normalized spacial score (nSPS) is 10.6. The van der Waals surface area contributed by atoms with E-state index in [4.69, 9.17) is 0 Å². The fourth-order valence-corrected chi connectivity index (χ4v) is 2.40. The van der Waals surface area contributed by atoms with E-state index in [2.05, 4.69) is 35.6 Å². The Morgan fingerprint density at radius 3 is 3.06 bits per heavy atom. The summed E-state index contributed by atoms with van der Waals surface area (Å²) in [5, 5.41) is 1.15. The number of hydrogen-bond donors (Lipinski definition) is 0. The molecule has 3 aromatic rings. The summed E-state index contributed by atoms with van der Waals surface area (Å²) >= 11 is 1.75. The third-order valence-electron chi connectivity index (χ3n) is 2.47. The number of aromatic nitrogens is 2. The summed E-state index contributed by atoms with van der Waals surface area (Å²) in [6, 6.07) is 10.2. The van der Waals surface area contributed by atoms with Crippen molar-refractivity contribution in [3.63, 3.8) is 0 Å². The molecule has 0 aliphatic carbocycles. The molecule has 0 fully saturated rings. The molecule has 0 aliphatic rings. The molecule has 0 N–H and O–H groups in total. The molecule has 0 spiro atoms. The molecule has 3 aromatic heterocycles. The van der Waals surface area contributed by atoms with Gasteiger partial charge in [0.25, 0.3) is 0 Å². The fourth-order valence-electron chi connectivity index (χ4n) is 1.79. The number of thioether (sulfide) groups is 1. The third kappa shape index (κ3) is 1.67. The van der Waals surface area contributed by atoms with Crippen molar-refractivity contribution >= 4 is 28.3 Å². The standard InChI is InChI=1S/C12H9N2S.Ir/c1-15-11-8-9-4-2-6-13-12(9)14-7-3-5-10(11)14;/h2-6,8H,1H3;/q-1;. The van der Waals surface area contributed by atoms with Gasteiger partial charge in [-0.1, -0.05) is 23.8 Å². The Balaban J connectivity index is 0.000000963. The first kappa shape index (κ1) is 11.6. The largest absolute Gasteiger partial charge is 0.428 e. The molecule has 0 aromatic carbocycles. The van der Waals surface area contributed by atoms with E-state index >= 15 is 0 Å². The SMILES string of the molecule is CSc1cc2cccnc2n2[c-]ccc12.[Ir]. The van der Waals surface area contributed by atoms with Crippen molar-refractivity contribution in [3.8, 4) is 0 Å². The molecule has 2 nitrogen and oxygen atoms in total. The van der Waals surface area contributed by atoms with Gasteiger partial charge in [-0.15, -0.1) is 17.8 Å². The quantitative estimate of drug-likeness (QED) is 0.457. The maximum absolute atomic E-state index is 4.38. The number of rotatable bonds is 1. The fraction of sp³-hybridized carbons (Fsp3) is 0.0833. The molecule has 83 valence electrons. The first-order chi connectivity index (χ1) is 7.40. The molecule has 0 amide bonds. The molecule has 0 bridgehead atoms. The zero-order valence-corrected chi connectivity index (χ0v) is 11.8. The Bertz CT molecular complexity index is 633. The summed E-state index contributed by atoms with van der Waals surface area (Å²) in [4.78, 5) is 5.64. The van der Waals surface area contributed by atoms with Crippen molar-refractivity contribution in [2.24, 2.45) is 0 Å². The van der Waals surface area contributed by atoms with E-state index in [0.29, 0.717) is 0 Å². The molecular weight excluding hydrogens is 396 g/mol. The van der Waals surface area contributed by atoms with Gasteiger partial charge in [-0.25, -0.2) is 0 Å². The number of hydrogen-bond acceptors (Lipinski definition) is 2. The zero-order chi connectivity index (χ0) is 10.3. The smallest absolute Gasteiger partial charge is 0.0613 e. The number of fused-ring (bicyclic) bond motifs is 3. The minimum absolute atomic E-state index is 0. The van der Waals surface area contributed by atoms with E-state index in [9.17, 15) is 0 Å². The van der Waals surface area contributed by atoms with Crippen LogP contribution in [-0.4, -0.2) is 15.6 Å². The predicted molar refractivity (Wildman–Crippen MR) is 63.3 cm³/mol. The van der Waals surface area contributed by atoms with Crippen molar-refractivity contribution in [2.45, 2.75) is 4.90 Å². The average molecular weight is 406 g/mol. The number of nitrogens with zero attached hydrogens (tertiary/aromatic N) is 2. The van der Waals surface area contributed by atoms with Crippen LogP contribution in [0.1, 0.15) is 0 Å². The van der Waals surface area contributed by atoms with Crippen LogP contribution in [0.4, 0.5) is 0 Å². The Kier molecular flexibility index (Phi) is 3.33. The van der Waals surface area contributed by atoms with Gasteiger partial charge < -0.3 is 4.40 Å². The van der Waals surface area contributed by atoms with Crippen LogP contribution in [0.3, 0.4) is 0 Å². The van der Waals surface area contributed by atoms with E-state index in [1.54, 1.807) is 11.8 Å². The summed E-state index contributed by atoms with van der Waals surface area (Å²) < 4.78 is 2.02. The van der Waals surface area contributed by atoms with Gasteiger partial charge >= 0.3 is 0 Å². The van der Waals surface area contributed by atoms with Crippen molar-refractivity contribution in [1.82, 2.24) is 9.38 Å². The Hall–Kier alpha value is -0.831. The van der Waals surface area contributed by atoms with Crippen molar-refractivity contribution in [1.29, 1.82) is 0 Å². The monoisotopic (exact) mass is 406 g/mol. The minimum Gasteiger partial charge on any atom is -0.428 e. The second-order valence-electron chi connectivity index (χ2n) is 3.31. The molecule has 16 heavy (non-hydrogen) atoms. The first-order valence-corrected chi connectivity index (χ1v) is 5.93. The van der Waals surface area contributed by atoms with Crippen molar-refractivity contribution in [2.75, 3.05) is 6.26 Å². The molecule has 0 saturated heterocycles. The van der Waals surface area contributed by atoms with E-state index < -0.39 is 0 Å². The topological polar surface area (TPSA) is 17.3 Å². The average Bonchev–Trinajstić information content (AvgIpc) is 2.77. The second kappa shape index (κ2) is 4.58. The Labute approximate surface area is 111 Å². The Morgan fingerprint density at radius 2 is 2.25 bits per heavy atom. The van der Waals surface area contributed by atoms with Crippen LogP contribution in [0.5, 0.6) is 0 Å². The minimum atomic E-state index is 0. The van der Waals surface area contributed by atoms with E-state index in [1.165, 1.54) is 10.4 Å². The van der Waals surface area contributed by atoms with Gasteiger partial charge in [-0.3, -0.25) is 4.98 Å². The van der Waals surface area contributed by atoms with Crippen LogP contribution in [0.25, 0.3) is 16.6 Å². The maximum atomic E-state index is 4.38. The zero-order valence-electron chi connectivity index (χ0n) is 8.60. The molecule has 3 rings (SSSR count). The molecule has 0 unspecified atom stereocenters. The van der Waals surface area contributed by atoms with E-state index in [1.807, 2.05) is 22.7 Å². The van der Waals surface area contributed by atoms with Crippen LogP contribution in [-0.2, 0) is 20.1 Å². The van der Waals surface area contributed by atoms with Gasteiger partial charge in [0.2, 0.25) is 0 Å². The number of pyridine rings is 2. The summed E-state index contributed by atoms with van der Waals surface area (Å²) in [6.45, 7) is 0. The molecule has 1 radical (unpaired) electrons. The van der Waals surface area contributed by atoms with Crippen LogP contribution >= 0.6 is 11.8 Å². The maximum Gasteiger partial charge on any atom is 0.0613 e.